The molecule has 5 rings (SSSR count). The predicted molar refractivity (Wildman–Crippen MR) is 138 cm³/mol. The molecule has 2 N–H and O–H groups in total. The molecule has 8 nitrogen and oxygen atoms in total. The van der Waals surface area contributed by atoms with E-state index in [0.29, 0.717) is 46.0 Å². The molecule has 0 radical (unpaired) electrons. The zero-order valence-corrected chi connectivity index (χ0v) is 20.5. The SMILES string of the molecule is COc1cc([C@@H]2C(C(=O)Nc3ccccc3)=C(C)Nc3ncnn32)ccc1OCc1ccc(Cl)cc1. The monoisotopic (exact) mass is 501 g/mol. The number of amides is 1. The molecule has 0 unspecified atom stereocenters. The molecule has 0 saturated carbocycles. The summed E-state index contributed by atoms with van der Waals surface area (Å²) < 4.78 is 13.4. The van der Waals surface area contributed by atoms with Gasteiger partial charge in [0.1, 0.15) is 19.0 Å². The van der Waals surface area contributed by atoms with Crippen molar-refractivity contribution in [2.45, 2.75) is 19.6 Å². The first-order valence-electron chi connectivity index (χ1n) is 11.3. The van der Waals surface area contributed by atoms with Crippen LogP contribution < -0.4 is 20.1 Å². The lowest BCUT2D eigenvalue weighted by molar-refractivity contribution is -0.113. The molecule has 1 atom stereocenters. The fraction of sp³-hybridized carbons (Fsp3) is 0.148. The van der Waals surface area contributed by atoms with Crippen molar-refractivity contribution >= 4 is 29.1 Å². The topological polar surface area (TPSA) is 90.3 Å². The molecule has 1 aliphatic rings. The van der Waals surface area contributed by atoms with Crippen molar-refractivity contribution in [2.75, 3.05) is 17.7 Å². The molecule has 0 aliphatic carbocycles. The van der Waals surface area contributed by atoms with E-state index in [-0.39, 0.29) is 5.91 Å². The highest BCUT2D eigenvalue weighted by Crippen LogP contribution is 2.39. The van der Waals surface area contributed by atoms with Crippen molar-refractivity contribution in [3.63, 3.8) is 0 Å². The number of nitrogens with one attached hydrogen (secondary N) is 2. The van der Waals surface area contributed by atoms with Crippen LogP contribution in [0.3, 0.4) is 0 Å². The average molecular weight is 502 g/mol. The number of halogens is 1. The Kier molecular flexibility index (Phi) is 6.60. The van der Waals surface area contributed by atoms with Gasteiger partial charge in [0.2, 0.25) is 5.95 Å². The maximum atomic E-state index is 13.5. The summed E-state index contributed by atoms with van der Waals surface area (Å²) in [5.41, 5.74) is 3.70. The molecule has 1 amide bonds. The van der Waals surface area contributed by atoms with Gasteiger partial charge in [0.15, 0.2) is 11.5 Å². The summed E-state index contributed by atoms with van der Waals surface area (Å²) in [6.45, 7) is 2.21. The van der Waals surface area contributed by atoms with Crippen molar-refractivity contribution in [1.29, 1.82) is 0 Å². The number of rotatable bonds is 7. The van der Waals surface area contributed by atoms with Crippen LogP contribution in [0.1, 0.15) is 24.1 Å². The van der Waals surface area contributed by atoms with E-state index in [9.17, 15) is 4.79 Å². The summed E-state index contributed by atoms with van der Waals surface area (Å²) in [6, 6.07) is 21.9. The second-order valence-corrected chi connectivity index (χ2v) is 8.68. The Balaban J connectivity index is 1.47. The highest BCUT2D eigenvalue weighted by atomic mass is 35.5. The van der Waals surface area contributed by atoms with Gasteiger partial charge in [-0.05, 0) is 54.4 Å². The van der Waals surface area contributed by atoms with Gasteiger partial charge >= 0.3 is 0 Å². The molecule has 0 fully saturated rings. The maximum absolute atomic E-state index is 13.5. The second kappa shape index (κ2) is 10.1. The van der Waals surface area contributed by atoms with E-state index in [0.717, 1.165) is 11.1 Å². The summed E-state index contributed by atoms with van der Waals surface area (Å²) in [6.07, 6.45) is 1.46. The molecule has 0 saturated heterocycles. The fourth-order valence-electron chi connectivity index (χ4n) is 4.13. The third-order valence-electron chi connectivity index (χ3n) is 5.88. The van der Waals surface area contributed by atoms with Gasteiger partial charge in [-0.15, -0.1) is 0 Å². The highest BCUT2D eigenvalue weighted by molar-refractivity contribution is 6.30. The first kappa shape index (κ1) is 23.4. The van der Waals surface area contributed by atoms with Crippen LogP contribution in [-0.2, 0) is 11.4 Å². The van der Waals surface area contributed by atoms with Crippen LogP contribution in [0.5, 0.6) is 11.5 Å². The summed E-state index contributed by atoms with van der Waals surface area (Å²) in [5, 5.41) is 11.2. The van der Waals surface area contributed by atoms with Gasteiger partial charge in [-0.2, -0.15) is 10.1 Å². The third-order valence-corrected chi connectivity index (χ3v) is 6.13. The minimum Gasteiger partial charge on any atom is -0.493 e. The Morgan fingerprint density at radius 2 is 1.86 bits per heavy atom. The molecule has 4 aromatic rings. The quantitative estimate of drug-likeness (QED) is 0.350. The van der Waals surface area contributed by atoms with E-state index >= 15 is 0 Å². The van der Waals surface area contributed by atoms with Gasteiger partial charge in [0.05, 0.1) is 12.7 Å². The van der Waals surface area contributed by atoms with Gasteiger partial charge in [-0.25, -0.2) is 4.68 Å². The van der Waals surface area contributed by atoms with Crippen molar-refractivity contribution < 1.29 is 14.3 Å². The number of para-hydroxylation sites is 1. The lowest BCUT2D eigenvalue weighted by Gasteiger charge is -2.29. The summed E-state index contributed by atoms with van der Waals surface area (Å²) in [4.78, 5) is 17.8. The number of carbonyl (C=O) groups is 1. The Bertz CT molecular complexity index is 1420. The normalized spacial score (nSPS) is 14.6. The van der Waals surface area contributed by atoms with E-state index in [2.05, 4.69) is 20.7 Å². The summed E-state index contributed by atoms with van der Waals surface area (Å²) in [7, 11) is 1.59. The number of benzene rings is 3. The molecule has 0 spiro atoms. The standard InChI is InChI=1S/C27H24ClN5O3/c1-17-24(26(34)32-21-6-4-3-5-7-21)25(33-27(31-17)29-16-30-33)19-10-13-22(23(14-19)35-2)36-15-18-8-11-20(28)12-9-18/h3-14,16,25H,15H2,1-2H3,(H,32,34)(H,29,30,31)/t25-/m1/s1. The number of hydrogen-bond donors (Lipinski definition) is 2. The number of ether oxygens (including phenoxy) is 2. The minimum atomic E-state index is -0.522. The molecule has 182 valence electrons. The Hall–Kier alpha value is -4.30. The van der Waals surface area contributed by atoms with Gasteiger partial charge in [0, 0.05) is 16.4 Å². The average Bonchev–Trinajstić information content (AvgIpc) is 3.36. The Morgan fingerprint density at radius 3 is 2.61 bits per heavy atom. The fourth-order valence-corrected chi connectivity index (χ4v) is 4.25. The smallest absolute Gasteiger partial charge is 0.255 e. The number of fused-ring (bicyclic) bond motifs is 1. The van der Waals surface area contributed by atoms with Gasteiger partial charge in [0.25, 0.3) is 5.91 Å². The first-order chi connectivity index (χ1) is 17.5. The van der Waals surface area contributed by atoms with E-state index < -0.39 is 6.04 Å². The number of anilines is 2. The van der Waals surface area contributed by atoms with E-state index in [4.69, 9.17) is 21.1 Å². The number of carbonyl (C=O) groups excluding carboxylic acids is 1. The second-order valence-electron chi connectivity index (χ2n) is 8.24. The first-order valence-corrected chi connectivity index (χ1v) is 11.7. The number of allylic oxidation sites excluding steroid dienone is 1. The molecule has 9 heteroatoms. The van der Waals surface area contributed by atoms with Crippen LogP contribution in [-0.4, -0.2) is 27.8 Å². The van der Waals surface area contributed by atoms with E-state index in [1.54, 1.807) is 11.8 Å². The molecular weight excluding hydrogens is 478 g/mol. The maximum Gasteiger partial charge on any atom is 0.255 e. The number of aromatic nitrogens is 3. The number of methoxy groups -OCH3 is 1. The molecule has 1 aromatic heterocycles. The Labute approximate surface area is 213 Å². The van der Waals surface area contributed by atoms with Crippen LogP contribution >= 0.6 is 11.6 Å². The predicted octanol–water partition coefficient (Wildman–Crippen LogP) is 5.45. The van der Waals surface area contributed by atoms with Gasteiger partial charge in [-0.1, -0.05) is 48.0 Å². The highest BCUT2D eigenvalue weighted by Gasteiger charge is 2.34. The van der Waals surface area contributed by atoms with Crippen molar-refractivity contribution in [2.24, 2.45) is 0 Å². The summed E-state index contributed by atoms with van der Waals surface area (Å²) >= 11 is 5.98. The number of nitrogens with zero attached hydrogens (tertiary/aromatic N) is 3. The molecule has 2 heterocycles. The Morgan fingerprint density at radius 1 is 1.08 bits per heavy atom. The third kappa shape index (κ3) is 4.76. The zero-order chi connectivity index (χ0) is 25.1. The van der Waals surface area contributed by atoms with Gasteiger partial charge in [-0.3, -0.25) is 4.79 Å². The lowest BCUT2D eigenvalue weighted by Crippen LogP contribution is -2.31. The van der Waals surface area contributed by atoms with Crippen molar-refractivity contribution in [3.05, 3.63) is 107 Å². The van der Waals surface area contributed by atoms with Crippen molar-refractivity contribution in [3.8, 4) is 11.5 Å². The van der Waals surface area contributed by atoms with Gasteiger partial charge < -0.3 is 20.1 Å². The molecular formula is C27H24ClN5O3. The summed E-state index contributed by atoms with van der Waals surface area (Å²) in [5.74, 6) is 1.44. The van der Waals surface area contributed by atoms with Crippen molar-refractivity contribution in [1.82, 2.24) is 14.8 Å². The van der Waals surface area contributed by atoms with Crippen LogP contribution in [0.15, 0.2) is 90.4 Å². The van der Waals surface area contributed by atoms with Crippen LogP contribution in [0.2, 0.25) is 5.02 Å². The van der Waals surface area contributed by atoms with Crippen LogP contribution in [0, 0.1) is 0 Å². The molecule has 36 heavy (non-hydrogen) atoms. The van der Waals surface area contributed by atoms with Crippen LogP contribution in [0.4, 0.5) is 11.6 Å². The van der Waals surface area contributed by atoms with E-state index in [1.807, 2.05) is 79.7 Å². The van der Waals surface area contributed by atoms with Crippen LogP contribution in [0.25, 0.3) is 0 Å². The number of hydrogen-bond acceptors (Lipinski definition) is 6. The van der Waals surface area contributed by atoms with E-state index in [1.165, 1.54) is 6.33 Å². The largest absolute Gasteiger partial charge is 0.493 e. The molecule has 1 aliphatic heterocycles. The zero-order valence-electron chi connectivity index (χ0n) is 19.7. The minimum absolute atomic E-state index is 0.237. The molecule has 3 aromatic carbocycles. The molecule has 0 bridgehead atoms. The lowest BCUT2D eigenvalue weighted by atomic mass is 9.94.